The van der Waals surface area contributed by atoms with Crippen molar-refractivity contribution < 1.29 is 9.53 Å². The molecule has 1 saturated heterocycles. The summed E-state index contributed by atoms with van der Waals surface area (Å²) in [6, 6.07) is 13.7. The zero-order chi connectivity index (χ0) is 26.4. The molecular weight excluding hydrogens is 464 g/mol. The van der Waals surface area contributed by atoms with Gasteiger partial charge < -0.3 is 20.3 Å². The number of carbonyl (C=O) groups is 1. The molecule has 1 atom stereocenters. The topological polar surface area (TPSA) is 82.6 Å². The van der Waals surface area contributed by atoms with Crippen molar-refractivity contribution in [1.29, 1.82) is 0 Å². The van der Waals surface area contributed by atoms with E-state index in [0.717, 1.165) is 60.4 Å². The highest BCUT2D eigenvalue weighted by atomic mass is 16.5. The van der Waals surface area contributed by atoms with Crippen molar-refractivity contribution >= 4 is 28.4 Å². The van der Waals surface area contributed by atoms with Gasteiger partial charge in [0.25, 0.3) is 0 Å². The Balaban J connectivity index is 1.74. The molecule has 2 heterocycles. The van der Waals surface area contributed by atoms with Crippen LogP contribution in [0.2, 0.25) is 0 Å². The van der Waals surface area contributed by atoms with Crippen LogP contribution in [0.15, 0.2) is 73.2 Å². The first kappa shape index (κ1) is 26.3. The van der Waals surface area contributed by atoms with Gasteiger partial charge >= 0.3 is 0 Å². The molecule has 8 nitrogen and oxygen atoms in total. The molecule has 1 aliphatic rings. The van der Waals surface area contributed by atoms with Gasteiger partial charge in [0.15, 0.2) is 0 Å². The molecule has 37 heavy (non-hydrogen) atoms. The molecule has 1 aromatic heterocycles. The van der Waals surface area contributed by atoms with Gasteiger partial charge in [-0.05, 0) is 50.2 Å². The van der Waals surface area contributed by atoms with Crippen LogP contribution in [0.3, 0.4) is 0 Å². The summed E-state index contributed by atoms with van der Waals surface area (Å²) in [5, 5.41) is 7.38. The summed E-state index contributed by atoms with van der Waals surface area (Å²) in [4.78, 5) is 26.2. The lowest BCUT2D eigenvalue weighted by atomic mass is 10.0. The Bertz CT molecular complexity index is 1300. The van der Waals surface area contributed by atoms with Crippen molar-refractivity contribution in [3.63, 3.8) is 0 Å². The minimum atomic E-state index is -0.608. The number of hydrogen-bond acceptors (Lipinski definition) is 7. The van der Waals surface area contributed by atoms with Crippen LogP contribution < -0.4 is 10.6 Å². The fourth-order valence-corrected chi connectivity index (χ4v) is 4.74. The van der Waals surface area contributed by atoms with Crippen LogP contribution in [0.25, 0.3) is 22.0 Å². The van der Waals surface area contributed by atoms with E-state index in [4.69, 9.17) is 9.72 Å². The van der Waals surface area contributed by atoms with Gasteiger partial charge in [-0.1, -0.05) is 43.8 Å². The maximum Gasteiger partial charge on any atom is 0.247 e. The highest BCUT2D eigenvalue weighted by molar-refractivity contribution is 6.00. The number of nitrogens with one attached hydrogen (secondary N) is 2. The van der Waals surface area contributed by atoms with Crippen molar-refractivity contribution in [2.24, 2.45) is 0 Å². The number of amides is 1. The Labute approximate surface area is 219 Å². The lowest BCUT2D eigenvalue weighted by molar-refractivity contribution is -0.111. The van der Waals surface area contributed by atoms with E-state index >= 15 is 0 Å². The Morgan fingerprint density at radius 2 is 1.95 bits per heavy atom. The smallest absolute Gasteiger partial charge is 0.247 e. The summed E-state index contributed by atoms with van der Waals surface area (Å²) in [7, 11) is 3.86. The zero-order valence-corrected chi connectivity index (χ0v) is 22.1. The zero-order valence-electron chi connectivity index (χ0n) is 22.1. The van der Waals surface area contributed by atoms with Crippen LogP contribution in [0.5, 0.6) is 0 Å². The summed E-state index contributed by atoms with van der Waals surface area (Å²) in [5.74, 6) is 1.12. The second-order valence-corrected chi connectivity index (χ2v) is 9.38. The van der Waals surface area contributed by atoms with E-state index in [2.05, 4.69) is 59.0 Å². The highest BCUT2D eigenvalue weighted by Gasteiger charge is 2.39. The number of carbonyl (C=O) groups excluding carboxylic acids is 1. The molecule has 194 valence electrons. The number of allylic oxidation sites excluding steroid dienone is 1. The standard InChI is InChI=1S/C29H36N6O2/c1-6-10-25(37-5)29(3,35-17-15-34(4)16-18-35)33-28-30-20-22-12-9-14-24(27(22)32-28)21-11-8-13-23(19-21)31-26(36)7-2/h7-14,19-20H,2,6,15-18H2,1,3-5H3,(H,31,36)(H,30,32,33)/b25-10+. The van der Waals surface area contributed by atoms with Crippen molar-refractivity contribution in [2.75, 3.05) is 51.0 Å². The first-order chi connectivity index (χ1) is 17.9. The molecule has 0 saturated carbocycles. The Hall–Kier alpha value is -3.75. The van der Waals surface area contributed by atoms with Gasteiger partial charge in [-0.15, -0.1) is 0 Å². The number of piperazine rings is 1. The molecular formula is C29H36N6O2. The van der Waals surface area contributed by atoms with Crippen molar-refractivity contribution in [2.45, 2.75) is 25.9 Å². The second-order valence-electron chi connectivity index (χ2n) is 9.38. The molecule has 2 N–H and O–H groups in total. The first-order valence-corrected chi connectivity index (χ1v) is 12.6. The van der Waals surface area contributed by atoms with Crippen LogP contribution >= 0.6 is 0 Å². The van der Waals surface area contributed by atoms with Crippen LogP contribution in [0.1, 0.15) is 20.3 Å². The predicted octanol–water partition coefficient (Wildman–Crippen LogP) is 4.74. The molecule has 0 spiro atoms. The normalized spacial score (nSPS) is 16.7. The van der Waals surface area contributed by atoms with Crippen LogP contribution in [0.4, 0.5) is 11.6 Å². The number of likely N-dealkylation sites (N-methyl/N-ethyl adjacent to an activating group) is 1. The average Bonchev–Trinajstić information content (AvgIpc) is 2.91. The molecule has 0 aliphatic carbocycles. The molecule has 3 aromatic rings. The van der Waals surface area contributed by atoms with Gasteiger partial charge in [-0.25, -0.2) is 9.97 Å². The fourth-order valence-electron chi connectivity index (χ4n) is 4.74. The van der Waals surface area contributed by atoms with Gasteiger partial charge in [0.2, 0.25) is 11.9 Å². The summed E-state index contributed by atoms with van der Waals surface area (Å²) in [6.45, 7) is 11.5. The third kappa shape index (κ3) is 5.81. The van der Waals surface area contributed by atoms with Gasteiger partial charge in [-0.3, -0.25) is 9.69 Å². The van der Waals surface area contributed by atoms with E-state index < -0.39 is 5.66 Å². The highest BCUT2D eigenvalue weighted by Crippen LogP contribution is 2.32. The molecule has 8 heteroatoms. The largest absolute Gasteiger partial charge is 0.497 e. The van der Waals surface area contributed by atoms with Crippen LogP contribution in [-0.2, 0) is 9.53 Å². The fraction of sp³-hybridized carbons (Fsp3) is 0.345. The number of ether oxygens (including phenoxy) is 1. The summed E-state index contributed by atoms with van der Waals surface area (Å²) in [6.07, 6.45) is 6.07. The number of nitrogens with zero attached hydrogens (tertiary/aromatic N) is 4. The number of fused-ring (bicyclic) bond motifs is 1. The number of para-hydroxylation sites is 1. The Morgan fingerprint density at radius 3 is 2.65 bits per heavy atom. The van der Waals surface area contributed by atoms with Crippen molar-refractivity contribution in [1.82, 2.24) is 19.8 Å². The molecule has 0 bridgehead atoms. The minimum absolute atomic E-state index is 0.249. The van der Waals surface area contributed by atoms with E-state index in [1.807, 2.05) is 48.7 Å². The van der Waals surface area contributed by atoms with E-state index in [1.165, 1.54) is 6.08 Å². The molecule has 2 aromatic carbocycles. The number of methoxy groups -OCH3 is 1. The predicted molar refractivity (Wildman–Crippen MR) is 150 cm³/mol. The van der Waals surface area contributed by atoms with Crippen LogP contribution in [0, 0.1) is 0 Å². The quantitative estimate of drug-likeness (QED) is 0.324. The van der Waals surface area contributed by atoms with E-state index in [-0.39, 0.29) is 5.91 Å². The average molecular weight is 501 g/mol. The number of hydrogen-bond donors (Lipinski definition) is 2. The minimum Gasteiger partial charge on any atom is -0.497 e. The third-order valence-electron chi connectivity index (χ3n) is 6.82. The van der Waals surface area contributed by atoms with E-state index in [0.29, 0.717) is 11.6 Å². The van der Waals surface area contributed by atoms with Gasteiger partial charge in [0.05, 0.1) is 12.6 Å². The summed E-state index contributed by atoms with van der Waals surface area (Å²) < 4.78 is 5.89. The van der Waals surface area contributed by atoms with Gasteiger partial charge in [0, 0.05) is 49.0 Å². The van der Waals surface area contributed by atoms with Crippen molar-refractivity contribution in [3.05, 3.63) is 73.2 Å². The SMILES string of the molecule is C=CC(=O)Nc1cccc(-c2cccc3cnc(NC(C)(/C(=C\CC)OC)N4CCN(C)CC4)nc23)c1. The molecule has 1 aliphatic heterocycles. The summed E-state index contributed by atoms with van der Waals surface area (Å²) >= 11 is 0. The molecule has 1 unspecified atom stereocenters. The second kappa shape index (κ2) is 11.5. The number of benzene rings is 2. The van der Waals surface area contributed by atoms with Crippen molar-refractivity contribution in [3.8, 4) is 11.1 Å². The monoisotopic (exact) mass is 500 g/mol. The molecule has 1 amide bonds. The molecule has 0 radical (unpaired) electrons. The van der Waals surface area contributed by atoms with E-state index in [9.17, 15) is 4.79 Å². The molecule has 1 fully saturated rings. The lowest BCUT2D eigenvalue weighted by Crippen LogP contribution is -2.60. The summed E-state index contributed by atoms with van der Waals surface area (Å²) in [5.41, 5.74) is 2.82. The Kier molecular flexibility index (Phi) is 8.21. The molecule has 4 rings (SSSR count). The van der Waals surface area contributed by atoms with Gasteiger partial charge in [-0.2, -0.15) is 0 Å². The maximum absolute atomic E-state index is 11.8. The maximum atomic E-state index is 11.8. The lowest BCUT2D eigenvalue weighted by Gasteiger charge is -2.46. The van der Waals surface area contributed by atoms with E-state index in [1.54, 1.807) is 7.11 Å². The first-order valence-electron chi connectivity index (χ1n) is 12.6. The number of aromatic nitrogens is 2. The van der Waals surface area contributed by atoms with Gasteiger partial charge in [0.1, 0.15) is 11.4 Å². The number of anilines is 2. The Morgan fingerprint density at radius 1 is 1.19 bits per heavy atom. The number of rotatable bonds is 9. The third-order valence-corrected chi connectivity index (χ3v) is 6.82. The van der Waals surface area contributed by atoms with Crippen LogP contribution in [-0.4, -0.2) is 71.7 Å².